The third-order valence-electron chi connectivity index (χ3n) is 3.61. The lowest BCUT2D eigenvalue weighted by atomic mass is 9.96. The first kappa shape index (κ1) is 13.2. The fourth-order valence-electron chi connectivity index (χ4n) is 2.46. The molecule has 0 fully saturated rings. The second kappa shape index (κ2) is 5.31. The minimum Gasteiger partial charge on any atom is -0.372 e. The zero-order valence-electron chi connectivity index (χ0n) is 10.9. The summed E-state index contributed by atoms with van der Waals surface area (Å²) >= 11 is 0. The van der Waals surface area contributed by atoms with Crippen LogP contribution in [0, 0.1) is 11.6 Å². The highest BCUT2D eigenvalue weighted by molar-refractivity contribution is 5.35. The van der Waals surface area contributed by atoms with Crippen LogP contribution < -0.4 is 5.73 Å². The fraction of sp³-hybridized carbons (Fsp3) is 0.250. The van der Waals surface area contributed by atoms with Crippen molar-refractivity contribution in [3.05, 3.63) is 70.3 Å². The summed E-state index contributed by atoms with van der Waals surface area (Å²) in [5.74, 6) is -1.67. The number of fused-ring (bicyclic) bond motifs is 1. The molecule has 1 atom stereocenters. The second-order valence-electron chi connectivity index (χ2n) is 5.08. The summed E-state index contributed by atoms with van der Waals surface area (Å²) in [6, 6.07) is 9.67. The van der Waals surface area contributed by atoms with Gasteiger partial charge < -0.3 is 10.5 Å². The summed E-state index contributed by atoms with van der Waals surface area (Å²) in [4.78, 5) is 0. The minimum atomic E-state index is -0.836. The van der Waals surface area contributed by atoms with E-state index in [4.69, 9.17) is 10.5 Å². The molecule has 3 rings (SSSR count). The first-order chi connectivity index (χ1) is 9.63. The summed E-state index contributed by atoms with van der Waals surface area (Å²) in [5.41, 5.74) is 10.2. The maximum atomic E-state index is 13.2. The van der Waals surface area contributed by atoms with Gasteiger partial charge in [-0.1, -0.05) is 24.3 Å². The summed E-state index contributed by atoms with van der Waals surface area (Å²) < 4.78 is 31.4. The molecule has 0 aromatic heterocycles. The highest BCUT2D eigenvalue weighted by Gasteiger charge is 2.15. The van der Waals surface area contributed by atoms with E-state index < -0.39 is 11.6 Å². The molecule has 2 aromatic rings. The van der Waals surface area contributed by atoms with Gasteiger partial charge in [0.2, 0.25) is 0 Å². The molecule has 1 heterocycles. The lowest BCUT2D eigenvalue weighted by Crippen LogP contribution is -2.14. The van der Waals surface area contributed by atoms with Gasteiger partial charge in [0.25, 0.3) is 0 Å². The quantitative estimate of drug-likeness (QED) is 0.933. The number of hydrogen-bond donors (Lipinski definition) is 1. The van der Waals surface area contributed by atoms with Crippen molar-refractivity contribution in [3.8, 4) is 0 Å². The van der Waals surface area contributed by atoms with Crippen LogP contribution in [0.3, 0.4) is 0 Å². The van der Waals surface area contributed by atoms with Gasteiger partial charge >= 0.3 is 0 Å². The fourth-order valence-corrected chi connectivity index (χ4v) is 2.46. The predicted molar refractivity (Wildman–Crippen MR) is 71.9 cm³/mol. The molecule has 4 heteroatoms. The minimum absolute atomic E-state index is 0.245. The summed E-state index contributed by atoms with van der Waals surface area (Å²) in [5, 5.41) is 0. The number of benzene rings is 2. The van der Waals surface area contributed by atoms with Crippen LogP contribution in [0.2, 0.25) is 0 Å². The van der Waals surface area contributed by atoms with Crippen LogP contribution in [-0.2, 0) is 24.4 Å². The van der Waals surface area contributed by atoms with Gasteiger partial charge in [-0.3, -0.25) is 0 Å². The SMILES string of the molecule is NC(Cc1ccc(F)c(F)c1)c1ccc2c(c1)COC2. The van der Waals surface area contributed by atoms with Crippen molar-refractivity contribution in [2.75, 3.05) is 0 Å². The van der Waals surface area contributed by atoms with Crippen LogP contribution in [0.25, 0.3) is 0 Å². The molecular weight excluding hydrogens is 260 g/mol. The van der Waals surface area contributed by atoms with Crippen molar-refractivity contribution in [2.45, 2.75) is 25.7 Å². The molecule has 0 saturated heterocycles. The Hall–Kier alpha value is -1.78. The number of nitrogens with two attached hydrogens (primary N) is 1. The Morgan fingerprint density at radius 2 is 1.80 bits per heavy atom. The Balaban J connectivity index is 1.78. The second-order valence-corrected chi connectivity index (χ2v) is 5.08. The number of halogens is 2. The van der Waals surface area contributed by atoms with Crippen LogP contribution in [0.15, 0.2) is 36.4 Å². The Morgan fingerprint density at radius 3 is 2.60 bits per heavy atom. The molecule has 0 spiro atoms. The van der Waals surface area contributed by atoms with E-state index in [1.54, 1.807) is 6.07 Å². The molecule has 1 aliphatic heterocycles. The van der Waals surface area contributed by atoms with Gasteiger partial charge in [0.15, 0.2) is 11.6 Å². The van der Waals surface area contributed by atoms with Gasteiger partial charge in [-0.15, -0.1) is 0 Å². The van der Waals surface area contributed by atoms with E-state index in [0.29, 0.717) is 25.2 Å². The van der Waals surface area contributed by atoms with E-state index in [0.717, 1.165) is 17.2 Å². The molecule has 0 saturated carbocycles. The lowest BCUT2D eigenvalue weighted by Gasteiger charge is -2.13. The maximum absolute atomic E-state index is 13.2. The standard InChI is InChI=1S/C16H15F2NO/c17-14-4-1-10(5-15(14)18)6-16(19)11-2-3-12-8-20-9-13(12)7-11/h1-5,7,16H,6,8-9,19H2. The molecule has 1 unspecified atom stereocenters. The summed E-state index contributed by atoms with van der Waals surface area (Å²) in [7, 11) is 0. The van der Waals surface area contributed by atoms with Gasteiger partial charge in [-0.05, 0) is 40.8 Å². The summed E-state index contributed by atoms with van der Waals surface area (Å²) in [6.07, 6.45) is 0.469. The highest BCUT2D eigenvalue weighted by Crippen LogP contribution is 2.25. The molecule has 2 nitrogen and oxygen atoms in total. The normalized spacial score (nSPS) is 15.2. The van der Waals surface area contributed by atoms with E-state index in [1.165, 1.54) is 11.6 Å². The van der Waals surface area contributed by atoms with Crippen LogP contribution in [0.5, 0.6) is 0 Å². The molecule has 0 bridgehead atoms. The average Bonchev–Trinajstić information content (AvgIpc) is 2.90. The number of hydrogen-bond acceptors (Lipinski definition) is 2. The van der Waals surface area contributed by atoms with Crippen LogP contribution in [-0.4, -0.2) is 0 Å². The summed E-state index contributed by atoms with van der Waals surface area (Å²) in [6.45, 7) is 1.26. The van der Waals surface area contributed by atoms with Crippen molar-refractivity contribution >= 4 is 0 Å². The highest BCUT2D eigenvalue weighted by atomic mass is 19.2. The van der Waals surface area contributed by atoms with Crippen molar-refractivity contribution in [3.63, 3.8) is 0 Å². The average molecular weight is 275 g/mol. The number of ether oxygens (including phenoxy) is 1. The van der Waals surface area contributed by atoms with E-state index in [-0.39, 0.29) is 6.04 Å². The molecule has 0 amide bonds. The van der Waals surface area contributed by atoms with E-state index in [2.05, 4.69) is 0 Å². The van der Waals surface area contributed by atoms with Crippen molar-refractivity contribution in [1.82, 2.24) is 0 Å². The zero-order chi connectivity index (χ0) is 14.1. The molecule has 2 N–H and O–H groups in total. The third kappa shape index (κ3) is 2.57. The largest absolute Gasteiger partial charge is 0.372 e. The molecule has 20 heavy (non-hydrogen) atoms. The van der Waals surface area contributed by atoms with Gasteiger partial charge in [0.05, 0.1) is 13.2 Å². The predicted octanol–water partition coefficient (Wildman–Crippen LogP) is 3.24. The van der Waals surface area contributed by atoms with Crippen molar-refractivity contribution in [2.24, 2.45) is 5.73 Å². The topological polar surface area (TPSA) is 35.2 Å². The Kier molecular flexibility index (Phi) is 3.51. The van der Waals surface area contributed by atoms with Gasteiger partial charge in [-0.2, -0.15) is 0 Å². The first-order valence-corrected chi connectivity index (χ1v) is 6.52. The van der Waals surface area contributed by atoms with Gasteiger partial charge in [-0.25, -0.2) is 8.78 Å². The molecule has 0 aliphatic carbocycles. The first-order valence-electron chi connectivity index (χ1n) is 6.52. The van der Waals surface area contributed by atoms with Gasteiger partial charge in [0, 0.05) is 6.04 Å². The van der Waals surface area contributed by atoms with Crippen LogP contribution in [0.4, 0.5) is 8.78 Å². The molecule has 1 aliphatic rings. The van der Waals surface area contributed by atoms with E-state index in [9.17, 15) is 8.78 Å². The zero-order valence-corrected chi connectivity index (χ0v) is 10.9. The Morgan fingerprint density at radius 1 is 1.00 bits per heavy atom. The van der Waals surface area contributed by atoms with Crippen molar-refractivity contribution in [1.29, 1.82) is 0 Å². The molecular formula is C16H15F2NO. The molecule has 0 radical (unpaired) electrons. The number of rotatable bonds is 3. The van der Waals surface area contributed by atoms with E-state index in [1.807, 2.05) is 18.2 Å². The monoisotopic (exact) mass is 275 g/mol. The molecule has 2 aromatic carbocycles. The smallest absolute Gasteiger partial charge is 0.159 e. The van der Waals surface area contributed by atoms with E-state index >= 15 is 0 Å². The lowest BCUT2D eigenvalue weighted by molar-refractivity contribution is 0.134. The van der Waals surface area contributed by atoms with Gasteiger partial charge in [0.1, 0.15) is 0 Å². The van der Waals surface area contributed by atoms with Crippen LogP contribution in [0.1, 0.15) is 28.3 Å². The van der Waals surface area contributed by atoms with Crippen molar-refractivity contribution < 1.29 is 13.5 Å². The molecule has 104 valence electrons. The maximum Gasteiger partial charge on any atom is 0.159 e. The van der Waals surface area contributed by atoms with Crippen LogP contribution >= 0.6 is 0 Å². The Labute approximate surface area is 116 Å². The third-order valence-corrected chi connectivity index (χ3v) is 3.61. The Bertz CT molecular complexity index is 642.